The van der Waals surface area contributed by atoms with E-state index in [4.69, 9.17) is 0 Å². The van der Waals surface area contributed by atoms with E-state index in [1.165, 1.54) is 18.3 Å². The van der Waals surface area contributed by atoms with Crippen molar-refractivity contribution in [2.75, 3.05) is 5.32 Å². The molecular formula is C17H15N3O2S. The van der Waals surface area contributed by atoms with Gasteiger partial charge in [-0.2, -0.15) is 0 Å². The molecule has 0 fully saturated rings. The first-order valence-electron chi connectivity index (χ1n) is 7.10. The van der Waals surface area contributed by atoms with Crippen LogP contribution in [0, 0.1) is 0 Å². The smallest absolute Gasteiger partial charge is 0.230 e. The van der Waals surface area contributed by atoms with Crippen molar-refractivity contribution < 1.29 is 9.59 Å². The second kappa shape index (κ2) is 6.58. The molecule has 2 heterocycles. The molecule has 0 aliphatic heterocycles. The van der Waals surface area contributed by atoms with Crippen LogP contribution in [0.15, 0.2) is 54.2 Å². The van der Waals surface area contributed by atoms with E-state index in [2.05, 4.69) is 10.3 Å². The van der Waals surface area contributed by atoms with Gasteiger partial charge < -0.3 is 9.88 Å². The lowest BCUT2D eigenvalue weighted by Gasteiger charge is -2.04. The molecule has 1 N–H and O–H groups in total. The Kier molecular flexibility index (Phi) is 4.34. The SMILES string of the molecule is CC(=O)c1ccc(NC(=O)Cc2csc(-n3cccc3)n2)cc1. The first-order valence-corrected chi connectivity index (χ1v) is 7.98. The number of benzene rings is 1. The number of anilines is 1. The second-order valence-corrected chi connectivity index (χ2v) is 5.91. The van der Waals surface area contributed by atoms with Crippen LogP contribution in [0.3, 0.4) is 0 Å². The van der Waals surface area contributed by atoms with Gasteiger partial charge in [0.25, 0.3) is 0 Å². The predicted molar refractivity (Wildman–Crippen MR) is 90.2 cm³/mol. The standard InChI is InChI=1S/C17H15N3O2S/c1-12(21)13-4-6-14(7-5-13)18-16(22)10-15-11-23-17(19-15)20-8-2-3-9-20/h2-9,11H,10H2,1H3,(H,18,22). The molecule has 0 unspecified atom stereocenters. The molecule has 0 radical (unpaired) electrons. The van der Waals surface area contributed by atoms with Crippen molar-refractivity contribution >= 4 is 28.7 Å². The highest BCUT2D eigenvalue weighted by atomic mass is 32.1. The van der Waals surface area contributed by atoms with Gasteiger partial charge in [-0.3, -0.25) is 9.59 Å². The highest BCUT2D eigenvalue weighted by Gasteiger charge is 2.09. The molecule has 5 nitrogen and oxygen atoms in total. The minimum absolute atomic E-state index is 0.00268. The number of nitrogens with zero attached hydrogens (tertiary/aromatic N) is 2. The Balaban J connectivity index is 1.62. The maximum absolute atomic E-state index is 12.1. The molecule has 1 aromatic carbocycles. The van der Waals surface area contributed by atoms with Crippen LogP contribution in [0.5, 0.6) is 0 Å². The lowest BCUT2D eigenvalue weighted by molar-refractivity contribution is -0.115. The van der Waals surface area contributed by atoms with Crippen LogP contribution < -0.4 is 5.32 Å². The van der Waals surface area contributed by atoms with Gasteiger partial charge in [0.05, 0.1) is 12.1 Å². The van der Waals surface area contributed by atoms with E-state index in [1.54, 1.807) is 24.3 Å². The second-order valence-electron chi connectivity index (χ2n) is 5.07. The Hall–Kier alpha value is -2.73. The summed E-state index contributed by atoms with van der Waals surface area (Å²) >= 11 is 1.50. The summed E-state index contributed by atoms with van der Waals surface area (Å²) in [6, 6.07) is 10.7. The van der Waals surface area contributed by atoms with E-state index in [-0.39, 0.29) is 18.1 Å². The molecule has 0 saturated heterocycles. The summed E-state index contributed by atoms with van der Waals surface area (Å²) in [5.74, 6) is -0.132. The van der Waals surface area contributed by atoms with Crippen LogP contribution in [0.1, 0.15) is 23.0 Å². The lowest BCUT2D eigenvalue weighted by atomic mass is 10.1. The van der Waals surface area contributed by atoms with Crippen LogP contribution >= 0.6 is 11.3 Å². The van der Waals surface area contributed by atoms with E-state index < -0.39 is 0 Å². The van der Waals surface area contributed by atoms with E-state index in [0.717, 1.165) is 10.8 Å². The van der Waals surface area contributed by atoms with Gasteiger partial charge in [-0.15, -0.1) is 11.3 Å². The Morgan fingerprint density at radius 3 is 2.52 bits per heavy atom. The van der Waals surface area contributed by atoms with Crippen molar-refractivity contribution in [3.63, 3.8) is 0 Å². The topological polar surface area (TPSA) is 64.0 Å². The largest absolute Gasteiger partial charge is 0.326 e. The number of aromatic nitrogens is 2. The molecule has 23 heavy (non-hydrogen) atoms. The quantitative estimate of drug-likeness (QED) is 0.732. The average Bonchev–Trinajstić information content (AvgIpc) is 3.18. The van der Waals surface area contributed by atoms with Crippen LogP contribution in [-0.4, -0.2) is 21.2 Å². The monoisotopic (exact) mass is 325 g/mol. The fourth-order valence-corrected chi connectivity index (χ4v) is 2.91. The Labute approximate surface area is 137 Å². The van der Waals surface area contributed by atoms with Crippen LogP contribution in [0.4, 0.5) is 5.69 Å². The zero-order chi connectivity index (χ0) is 16.2. The number of amides is 1. The third-order valence-corrected chi connectivity index (χ3v) is 4.18. The van der Waals surface area contributed by atoms with Crippen molar-refractivity contribution in [1.29, 1.82) is 0 Å². The van der Waals surface area contributed by atoms with Gasteiger partial charge in [-0.1, -0.05) is 0 Å². The summed E-state index contributed by atoms with van der Waals surface area (Å²) < 4.78 is 1.91. The Bertz CT molecular complexity index is 820. The first kappa shape index (κ1) is 15.2. The number of Topliss-reactive ketones (excluding diaryl/α,β-unsaturated/α-hetero) is 1. The minimum Gasteiger partial charge on any atom is -0.326 e. The van der Waals surface area contributed by atoms with Crippen molar-refractivity contribution in [3.05, 3.63) is 65.4 Å². The number of carbonyl (C=O) groups is 2. The summed E-state index contributed by atoms with van der Waals surface area (Å²) in [5.41, 5.74) is 2.02. The molecule has 0 atom stereocenters. The number of hydrogen-bond donors (Lipinski definition) is 1. The fourth-order valence-electron chi connectivity index (χ4n) is 2.12. The van der Waals surface area contributed by atoms with E-state index in [0.29, 0.717) is 11.3 Å². The molecule has 2 aromatic heterocycles. The molecule has 0 spiro atoms. The van der Waals surface area contributed by atoms with Gasteiger partial charge in [0.15, 0.2) is 10.9 Å². The number of rotatable bonds is 5. The van der Waals surface area contributed by atoms with Crippen molar-refractivity contribution in [2.45, 2.75) is 13.3 Å². The van der Waals surface area contributed by atoms with Gasteiger partial charge >= 0.3 is 0 Å². The zero-order valence-corrected chi connectivity index (χ0v) is 13.3. The summed E-state index contributed by atoms with van der Waals surface area (Å²) in [5, 5.41) is 5.53. The van der Waals surface area contributed by atoms with Crippen molar-refractivity contribution in [3.8, 4) is 5.13 Å². The summed E-state index contributed by atoms with van der Waals surface area (Å²) in [4.78, 5) is 27.7. The van der Waals surface area contributed by atoms with Gasteiger partial charge in [-0.25, -0.2) is 4.98 Å². The third kappa shape index (κ3) is 3.73. The molecule has 1 amide bonds. The van der Waals surface area contributed by atoms with Gasteiger partial charge in [0.2, 0.25) is 5.91 Å². The van der Waals surface area contributed by atoms with Crippen LogP contribution in [-0.2, 0) is 11.2 Å². The average molecular weight is 325 g/mol. The first-order chi connectivity index (χ1) is 11.1. The Morgan fingerprint density at radius 1 is 1.17 bits per heavy atom. The maximum atomic E-state index is 12.1. The molecule has 0 bridgehead atoms. The molecular weight excluding hydrogens is 310 g/mol. The number of nitrogens with one attached hydrogen (secondary N) is 1. The molecule has 6 heteroatoms. The van der Waals surface area contributed by atoms with E-state index >= 15 is 0 Å². The molecule has 116 valence electrons. The summed E-state index contributed by atoms with van der Waals surface area (Å²) in [6.45, 7) is 1.51. The highest BCUT2D eigenvalue weighted by molar-refractivity contribution is 7.12. The van der Waals surface area contributed by atoms with Gasteiger partial charge in [-0.05, 0) is 43.3 Å². The highest BCUT2D eigenvalue weighted by Crippen LogP contribution is 2.16. The number of hydrogen-bond acceptors (Lipinski definition) is 4. The number of thiazole rings is 1. The Morgan fingerprint density at radius 2 is 1.87 bits per heavy atom. The van der Waals surface area contributed by atoms with Crippen LogP contribution in [0.2, 0.25) is 0 Å². The molecule has 0 saturated carbocycles. The lowest BCUT2D eigenvalue weighted by Crippen LogP contribution is -2.14. The third-order valence-electron chi connectivity index (χ3n) is 3.28. The summed E-state index contributed by atoms with van der Waals surface area (Å²) in [6.07, 6.45) is 4.05. The molecule has 3 aromatic rings. The number of carbonyl (C=O) groups excluding carboxylic acids is 2. The molecule has 0 aliphatic carbocycles. The van der Waals surface area contributed by atoms with Crippen molar-refractivity contribution in [2.24, 2.45) is 0 Å². The molecule has 3 rings (SSSR count). The fraction of sp³-hybridized carbons (Fsp3) is 0.118. The van der Waals surface area contributed by atoms with Gasteiger partial charge in [0, 0.05) is 29.0 Å². The maximum Gasteiger partial charge on any atom is 0.230 e. The van der Waals surface area contributed by atoms with Gasteiger partial charge in [0.1, 0.15) is 0 Å². The summed E-state index contributed by atoms with van der Waals surface area (Å²) in [7, 11) is 0. The van der Waals surface area contributed by atoms with Crippen molar-refractivity contribution in [1.82, 2.24) is 9.55 Å². The van der Waals surface area contributed by atoms with Crippen LogP contribution in [0.25, 0.3) is 5.13 Å². The zero-order valence-electron chi connectivity index (χ0n) is 12.5. The number of ketones is 1. The normalized spacial score (nSPS) is 10.5. The van der Waals surface area contributed by atoms with E-state index in [1.807, 2.05) is 34.5 Å². The minimum atomic E-state index is -0.134. The van der Waals surface area contributed by atoms with E-state index in [9.17, 15) is 9.59 Å². The molecule has 0 aliphatic rings. The predicted octanol–water partition coefficient (Wildman–Crippen LogP) is 3.32.